The summed E-state index contributed by atoms with van der Waals surface area (Å²) in [6.45, 7) is 4.12. The molecule has 1 aromatic carbocycles. The van der Waals surface area contributed by atoms with E-state index in [0.717, 1.165) is 0 Å². The Morgan fingerprint density at radius 3 is 2.64 bits per heavy atom. The van der Waals surface area contributed by atoms with Crippen molar-refractivity contribution in [2.24, 2.45) is 0 Å². The molecule has 0 saturated carbocycles. The zero-order valence-electron chi connectivity index (χ0n) is 13.5. The minimum Gasteiger partial charge on any atom is -0.351 e. The monoisotopic (exact) mass is 289 g/mol. The molecule has 0 radical (unpaired) electrons. The van der Waals surface area contributed by atoms with Crippen LogP contribution < -0.4 is 4.90 Å². The Morgan fingerprint density at radius 1 is 1.05 bits per heavy atom. The van der Waals surface area contributed by atoms with Crippen molar-refractivity contribution < 1.29 is 0 Å². The quantitative estimate of drug-likeness (QED) is 0.646. The lowest BCUT2D eigenvalue weighted by Crippen LogP contribution is -2.13. The third-order valence-electron chi connectivity index (χ3n) is 3.48. The number of rotatable bonds is 4. The van der Waals surface area contributed by atoms with Crippen molar-refractivity contribution in [3.8, 4) is 0 Å². The van der Waals surface area contributed by atoms with Crippen molar-refractivity contribution in [3.05, 3.63) is 96.3 Å². The lowest BCUT2D eigenvalue weighted by Gasteiger charge is -2.23. The first-order chi connectivity index (χ1) is 10.7. The number of para-hydroxylation sites is 1. The molecule has 1 aliphatic heterocycles. The van der Waals surface area contributed by atoms with Gasteiger partial charge in [-0.2, -0.15) is 0 Å². The van der Waals surface area contributed by atoms with Gasteiger partial charge >= 0.3 is 0 Å². The molecule has 0 fully saturated rings. The number of nitrogens with zero attached hydrogens (tertiary/aromatic N) is 1. The van der Waals surface area contributed by atoms with Crippen molar-refractivity contribution in [2.75, 3.05) is 11.9 Å². The molecule has 1 heteroatoms. The van der Waals surface area contributed by atoms with Crippen molar-refractivity contribution >= 4 is 11.3 Å². The van der Waals surface area contributed by atoms with Crippen LogP contribution in [0.4, 0.5) is 5.69 Å². The summed E-state index contributed by atoms with van der Waals surface area (Å²) in [7, 11) is 2.08. The Morgan fingerprint density at radius 2 is 1.82 bits per heavy atom. The highest BCUT2D eigenvalue weighted by Gasteiger charge is 2.11. The minimum atomic E-state index is 1.22. The fraction of sp³-hybridized carbons (Fsp3) is 0.143. The van der Waals surface area contributed by atoms with E-state index in [1.54, 1.807) is 0 Å². The van der Waals surface area contributed by atoms with Gasteiger partial charge in [-0.25, -0.2) is 0 Å². The number of fused-ring (bicyclic) bond motifs is 1. The van der Waals surface area contributed by atoms with Gasteiger partial charge in [-0.1, -0.05) is 72.4 Å². The molecule has 1 aliphatic rings. The molecule has 1 aromatic rings. The van der Waals surface area contributed by atoms with Gasteiger partial charge in [0.1, 0.15) is 0 Å². The molecule has 0 saturated heterocycles. The smallest absolute Gasteiger partial charge is 0.0483 e. The van der Waals surface area contributed by atoms with Crippen LogP contribution in [0.2, 0.25) is 0 Å². The summed E-state index contributed by atoms with van der Waals surface area (Å²) in [5.74, 6) is 0. The third-order valence-corrected chi connectivity index (χ3v) is 3.48. The van der Waals surface area contributed by atoms with Gasteiger partial charge in [-0.3, -0.25) is 0 Å². The average molecular weight is 289 g/mol. The lowest BCUT2D eigenvalue weighted by atomic mass is 9.99. The Labute approximate surface area is 134 Å². The Hall–Kier alpha value is -2.54. The number of allylic oxidation sites excluding steroid dienone is 11. The van der Waals surface area contributed by atoms with E-state index in [1.165, 1.54) is 22.4 Å². The predicted octanol–water partition coefficient (Wildman–Crippen LogP) is 5.67. The van der Waals surface area contributed by atoms with E-state index in [9.17, 15) is 0 Å². The predicted molar refractivity (Wildman–Crippen MR) is 98.8 cm³/mol. The van der Waals surface area contributed by atoms with Crippen molar-refractivity contribution in [2.45, 2.75) is 13.8 Å². The molecule has 1 nitrogen and oxygen atoms in total. The summed E-state index contributed by atoms with van der Waals surface area (Å²) >= 11 is 0. The van der Waals surface area contributed by atoms with Crippen molar-refractivity contribution in [1.29, 1.82) is 0 Å². The summed E-state index contributed by atoms with van der Waals surface area (Å²) in [6, 6.07) is 8.48. The molecule has 0 atom stereocenters. The second-order valence-electron chi connectivity index (χ2n) is 5.25. The maximum atomic E-state index is 2.18. The molecular formula is C21H23N. The fourth-order valence-corrected chi connectivity index (χ4v) is 2.26. The number of hydrogen-bond acceptors (Lipinski definition) is 1. The first kappa shape index (κ1) is 15.8. The summed E-state index contributed by atoms with van der Waals surface area (Å²) in [4.78, 5) is 2.15. The maximum absolute atomic E-state index is 2.18. The van der Waals surface area contributed by atoms with Gasteiger partial charge in [0.15, 0.2) is 0 Å². The normalized spacial score (nSPS) is 17.3. The number of anilines is 1. The van der Waals surface area contributed by atoms with Crippen LogP contribution in [0.3, 0.4) is 0 Å². The molecular weight excluding hydrogens is 266 g/mol. The highest BCUT2D eigenvalue weighted by atomic mass is 15.1. The molecule has 2 rings (SSSR count). The summed E-state index contributed by atoms with van der Waals surface area (Å²) < 4.78 is 0. The van der Waals surface area contributed by atoms with E-state index >= 15 is 0 Å². The fourth-order valence-electron chi connectivity index (χ4n) is 2.26. The van der Waals surface area contributed by atoms with E-state index in [4.69, 9.17) is 0 Å². The lowest BCUT2D eigenvalue weighted by molar-refractivity contribution is 1.18. The number of hydrogen-bond donors (Lipinski definition) is 0. The SMILES string of the molecule is CC=CC=CC=CC(C)=CC=C1C=CN(C)c2ccccc21. The maximum Gasteiger partial charge on any atom is 0.0483 e. The molecule has 0 N–H and O–H groups in total. The van der Waals surface area contributed by atoms with Crippen molar-refractivity contribution in [1.82, 2.24) is 0 Å². The van der Waals surface area contributed by atoms with Crippen LogP contribution in [0, 0.1) is 0 Å². The Kier molecular flexibility index (Phi) is 5.79. The zero-order chi connectivity index (χ0) is 15.8. The molecule has 0 amide bonds. The van der Waals surface area contributed by atoms with Gasteiger partial charge in [-0.15, -0.1) is 0 Å². The third kappa shape index (κ3) is 4.23. The van der Waals surface area contributed by atoms with Crippen LogP contribution in [-0.2, 0) is 0 Å². The van der Waals surface area contributed by atoms with Crippen LogP contribution in [0.5, 0.6) is 0 Å². The molecule has 0 aliphatic carbocycles. The van der Waals surface area contributed by atoms with Gasteiger partial charge in [0.25, 0.3) is 0 Å². The van der Waals surface area contributed by atoms with Gasteiger partial charge in [0.05, 0.1) is 0 Å². The van der Waals surface area contributed by atoms with Gasteiger partial charge < -0.3 is 4.90 Å². The second-order valence-corrected chi connectivity index (χ2v) is 5.25. The summed E-state index contributed by atoms with van der Waals surface area (Å²) in [5, 5.41) is 0. The van der Waals surface area contributed by atoms with E-state index in [2.05, 4.69) is 79.7 Å². The average Bonchev–Trinajstić information content (AvgIpc) is 2.54. The topological polar surface area (TPSA) is 3.24 Å². The van der Waals surface area contributed by atoms with Crippen LogP contribution in [-0.4, -0.2) is 7.05 Å². The Balaban J connectivity index is 2.16. The highest BCUT2D eigenvalue weighted by molar-refractivity contribution is 5.86. The molecule has 0 aromatic heterocycles. The van der Waals surface area contributed by atoms with E-state index in [0.29, 0.717) is 0 Å². The first-order valence-corrected chi connectivity index (χ1v) is 7.57. The Bertz CT molecular complexity index is 682. The first-order valence-electron chi connectivity index (χ1n) is 7.57. The van der Waals surface area contributed by atoms with E-state index in [-0.39, 0.29) is 0 Å². The van der Waals surface area contributed by atoms with Gasteiger partial charge in [0, 0.05) is 24.5 Å². The standard InChI is InChI=1S/C21H23N/c1-4-5-6-7-8-11-18(2)14-15-19-16-17-22(3)21-13-10-9-12-20(19)21/h4-17H,1-3H3. The largest absolute Gasteiger partial charge is 0.351 e. The van der Waals surface area contributed by atoms with Crippen LogP contribution in [0.25, 0.3) is 5.57 Å². The summed E-state index contributed by atoms with van der Waals surface area (Å²) in [6.07, 6.45) is 20.9. The van der Waals surface area contributed by atoms with Crippen LogP contribution >= 0.6 is 0 Å². The highest BCUT2D eigenvalue weighted by Crippen LogP contribution is 2.31. The zero-order valence-corrected chi connectivity index (χ0v) is 13.5. The molecule has 1 heterocycles. The molecule has 0 bridgehead atoms. The second kappa shape index (κ2) is 8.04. The minimum absolute atomic E-state index is 1.22. The van der Waals surface area contributed by atoms with Gasteiger partial charge in [0.2, 0.25) is 0 Å². The molecule has 0 spiro atoms. The van der Waals surface area contributed by atoms with Crippen LogP contribution in [0.1, 0.15) is 19.4 Å². The molecule has 22 heavy (non-hydrogen) atoms. The van der Waals surface area contributed by atoms with Crippen molar-refractivity contribution in [3.63, 3.8) is 0 Å². The summed E-state index contributed by atoms with van der Waals surface area (Å²) in [5.41, 5.74) is 4.98. The number of benzene rings is 1. The van der Waals surface area contributed by atoms with Crippen LogP contribution in [0.15, 0.2) is 90.7 Å². The molecule has 0 unspecified atom stereocenters. The van der Waals surface area contributed by atoms with E-state index in [1.807, 2.05) is 31.2 Å². The van der Waals surface area contributed by atoms with Gasteiger partial charge in [-0.05, 0) is 31.6 Å². The molecule has 112 valence electrons. The van der Waals surface area contributed by atoms with E-state index < -0.39 is 0 Å².